The molecular weight excluding hydrogens is 324 g/mol. The molecule has 0 amide bonds. The third kappa shape index (κ3) is 3.44. The molecule has 0 unspecified atom stereocenters. The van der Waals surface area contributed by atoms with E-state index in [1.165, 1.54) is 0 Å². The van der Waals surface area contributed by atoms with Crippen LogP contribution in [0.15, 0.2) is 54.9 Å². The molecule has 0 aliphatic rings. The van der Waals surface area contributed by atoms with Crippen molar-refractivity contribution in [3.8, 4) is 11.3 Å². The van der Waals surface area contributed by atoms with Crippen LogP contribution in [0.1, 0.15) is 32.0 Å². The van der Waals surface area contributed by atoms with Crippen LogP contribution in [-0.4, -0.2) is 21.6 Å². The molecular formula is C19H17ClN2O2. The van der Waals surface area contributed by atoms with Crippen LogP contribution in [0.3, 0.4) is 0 Å². The molecule has 0 aliphatic carbocycles. The van der Waals surface area contributed by atoms with Crippen LogP contribution in [-0.2, 0) is 7.05 Å². The maximum absolute atomic E-state index is 12.6. The summed E-state index contributed by atoms with van der Waals surface area (Å²) in [6.45, 7) is 1.99. The Bertz CT molecular complexity index is 883. The third-order valence-corrected chi connectivity index (χ3v) is 3.77. The fourth-order valence-electron chi connectivity index (χ4n) is 2.46. The molecule has 4 nitrogen and oxygen atoms in total. The Labute approximate surface area is 146 Å². The van der Waals surface area contributed by atoms with Crippen LogP contribution >= 0.6 is 12.4 Å². The van der Waals surface area contributed by atoms with Crippen LogP contribution < -0.4 is 0 Å². The Hall–Kier alpha value is -2.72. The molecule has 0 saturated heterocycles. The topological polar surface area (TPSA) is 52.0 Å². The van der Waals surface area contributed by atoms with Gasteiger partial charge in [-0.3, -0.25) is 14.6 Å². The predicted octanol–water partition coefficient (Wildman–Crippen LogP) is 3.86. The summed E-state index contributed by atoms with van der Waals surface area (Å²) in [4.78, 5) is 27.8. The van der Waals surface area contributed by atoms with Crippen LogP contribution in [0.5, 0.6) is 0 Å². The first kappa shape index (κ1) is 17.6. The van der Waals surface area contributed by atoms with Gasteiger partial charge >= 0.3 is 0 Å². The number of aryl methyl sites for hydroxylation is 2. The molecule has 0 saturated carbocycles. The van der Waals surface area contributed by atoms with Gasteiger partial charge in [-0.1, -0.05) is 29.8 Å². The van der Waals surface area contributed by atoms with Gasteiger partial charge in [-0.15, -0.1) is 12.4 Å². The molecule has 24 heavy (non-hydrogen) atoms. The Morgan fingerprint density at radius 3 is 2.50 bits per heavy atom. The number of carbonyl (C=O) groups is 2. The molecule has 0 bridgehead atoms. The lowest BCUT2D eigenvalue weighted by Gasteiger charge is -2.02. The summed E-state index contributed by atoms with van der Waals surface area (Å²) in [7, 11) is 1.83. The first-order valence-electron chi connectivity index (χ1n) is 7.28. The van der Waals surface area contributed by atoms with Crippen molar-refractivity contribution < 1.29 is 9.59 Å². The highest BCUT2D eigenvalue weighted by atomic mass is 35.5. The smallest absolute Gasteiger partial charge is 0.209 e. The molecule has 122 valence electrons. The molecule has 1 aromatic carbocycles. The predicted molar refractivity (Wildman–Crippen MR) is 95.9 cm³/mol. The van der Waals surface area contributed by atoms with Crippen LogP contribution in [0.4, 0.5) is 0 Å². The number of rotatable bonds is 4. The minimum absolute atomic E-state index is 0. The van der Waals surface area contributed by atoms with Gasteiger partial charge in [0.05, 0.1) is 11.4 Å². The lowest BCUT2D eigenvalue weighted by Crippen LogP contribution is -2.06. The lowest BCUT2D eigenvalue weighted by molar-refractivity contribution is 0.103. The number of hydrogen-bond acceptors (Lipinski definition) is 3. The second-order valence-electron chi connectivity index (χ2n) is 5.51. The van der Waals surface area contributed by atoms with Gasteiger partial charge < -0.3 is 4.57 Å². The average molecular weight is 341 g/mol. The molecule has 0 N–H and O–H groups in total. The lowest BCUT2D eigenvalue weighted by atomic mass is 10.1. The zero-order chi connectivity index (χ0) is 16.4. The van der Waals surface area contributed by atoms with E-state index >= 15 is 0 Å². The summed E-state index contributed by atoms with van der Waals surface area (Å²) in [5, 5.41) is 0. The van der Waals surface area contributed by atoms with Crippen molar-refractivity contribution in [2.75, 3.05) is 0 Å². The standard InChI is InChI=1S/C19H16N2O2.ClH/c1-13-3-5-15(6-4-13)19(23)18-10-16(11-21(18)2)17-9-14(12-22)7-8-20-17;/h3-12H,1-2H3;1H. The van der Waals surface area contributed by atoms with E-state index in [9.17, 15) is 9.59 Å². The molecule has 0 fully saturated rings. The Morgan fingerprint density at radius 2 is 1.83 bits per heavy atom. The largest absolute Gasteiger partial charge is 0.347 e. The number of ketones is 1. The van der Waals surface area contributed by atoms with E-state index in [1.807, 2.05) is 44.4 Å². The van der Waals surface area contributed by atoms with Crippen molar-refractivity contribution in [3.05, 3.63) is 77.2 Å². The number of nitrogens with zero attached hydrogens (tertiary/aromatic N) is 2. The monoisotopic (exact) mass is 340 g/mol. The van der Waals surface area contributed by atoms with Crippen LogP contribution in [0.2, 0.25) is 0 Å². The number of halogens is 1. The van der Waals surface area contributed by atoms with Gasteiger partial charge in [0, 0.05) is 36.1 Å². The van der Waals surface area contributed by atoms with Gasteiger partial charge in [0.2, 0.25) is 5.78 Å². The van der Waals surface area contributed by atoms with Gasteiger partial charge in [-0.25, -0.2) is 0 Å². The zero-order valence-corrected chi connectivity index (χ0v) is 14.2. The van der Waals surface area contributed by atoms with Gasteiger partial charge in [0.1, 0.15) is 6.29 Å². The third-order valence-electron chi connectivity index (χ3n) is 3.77. The van der Waals surface area contributed by atoms with Crippen molar-refractivity contribution >= 4 is 24.5 Å². The van der Waals surface area contributed by atoms with Crippen molar-refractivity contribution in [3.63, 3.8) is 0 Å². The zero-order valence-electron chi connectivity index (χ0n) is 13.4. The fraction of sp³-hybridized carbons (Fsp3) is 0.105. The van der Waals surface area contributed by atoms with E-state index in [1.54, 1.807) is 29.0 Å². The highest BCUT2D eigenvalue weighted by molar-refractivity contribution is 6.08. The molecule has 0 atom stereocenters. The molecule has 5 heteroatoms. The quantitative estimate of drug-likeness (QED) is 0.535. The number of aldehydes is 1. The summed E-state index contributed by atoms with van der Waals surface area (Å²) < 4.78 is 1.78. The number of benzene rings is 1. The van der Waals surface area contributed by atoms with Crippen LogP contribution in [0.25, 0.3) is 11.3 Å². The van der Waals surface area contributed by atoms with Crippen molar-refractivity contribution in [1.29, 1.82) is 0 Å². The maximum Gasteiger partial charge on any atom is 0.209 e. The summed E-state index contributed by atoms with van der Waals surface area (Å²) in [6.07, 6.45) is 4.22. The molecule has 0 radical (unpaired) electrons. The highest BCUT2D eigenvalue weighted by Crippen LogP contribution is 2.22. The van der Waals surface area contributed by atoms with Crippen LogP contribution in [0, 0.1) is 6.92 Å². The first-order chi connectivity index (χ1) is 11.1. The maximum atomic E-state index is 12.6. The second-order valence-corrected chi connectivity index (χ2v) is 5.51. The fourth-order valence-corrected chi connectivity index (χ4v) is 2.46. The Kier molecular flexibility index (Phi) is 5.31. The summed E-state index contributed by atoms with van der Waals surface area (Å²) in [5.41, 5.74) is 4.40. The molecule has 0 spiro atoms. The molecule has 2 aromatic heterocycles. The first-order valence-corrected chi connectivity index (χ1v) is 7.28. The van der Waals surface area contributed by atoms with Gasteiger partial charge in [-0.2, -0.15) is 0 Å². The van der Waals surface area contributed by atoms with Crippen molar-refractivity contribution in [1.82, 2.24) is 9.55 Å². The van der Waals surface area contributed by atoms with Crippen molar-refractivity contribution in [2.45, 2.75) is 6.92 Å². The summed E-state index contributed by atoms with van der Waals surface area (Å²) in [5.74, 6) is -0.0368. The molecule has 0 aliphatic heterocycles. The Balaban J connectivity index is 0.00000208. The summed E-state index contributed by atoms with van der Waals surface area (Å²) in [6, 6.07) is 12.7. The van der Waals surface area contributed by atoms with E-state index in [0.717, 1.165) is 17.4 Å². The second kappa shape index (κ2) is 7.23. The van der Waals surface area contributed by atoms with Gasteiger partial charge in [0.15, 0.2) is 0 Å². The average Bonchev–Trinajstić information content (AvgIpc) is 2.97. The van der Waals surface area contributed by atoms with E-state index in [-0.39, 0.29) is 18.2 Å². The number of pyridine rings is 1. The highest BCUT2D eigenvalue weighted by Gasteiger charge is 2.15. The minimum Gasteiger partial charge on any atom is -0.347 e. The SMILES string of the molecule is Cc1ccc(C(=O)c2cc(-c3cc(C=O)ccn3)cn2C)cc1.Cl. The number of carbonyl (C=O) groups excluding carboxylic acids is 2. The Morgan fingerprint density at radius 1 is 1.12 bits per heavy atom. The minimum atomic E-state index is -0.0368. The molecule has 3 rings (SSSR count). The molecule has 2 heterocycles. The molecule has 3 aromatic rings. The normalized spacial score (nSPS) is 10.1. The van der Waals surface area contributed by atoms with Gasteiger partial charge in [-0.05, 0) is 25.1 Å². The van der Waals surface area contributed by atoms with Gasteiger partial charge in [0.25, 0.3) is 0 Å². The van der Waals surface area contributed by atoms with E-state index in [4.69, 9.17) is 0 Å². The van der Waals surface area contributed by atoms with E-state index < -0.39 is 0 Å². The number of hydrogen-bond donors (Lipinski definition) is 0. The van der Waals surface area contributed by atoms with E-state index in [2.05, 4.69) is 4.98 Å². The number of aromatic nitrogens is 2. The summed E-state index contributed by atoms with van der Waals surface area (Å²) >= 11 is 0. The van der Waals surface area contributed by atoms with E-state index in [0.29, 0.717) is 22.5 Å². The van der Waals surface area contributed by atoms with Crippen molar-refractivity contribution in [2.24, 2.45) is 7.05 Å².